The molecule has 0 spiro atoms. The van der Waals surface area contributed by atoms with E-state index in [-0.39, 0.29) is 18.1 Å². The molecule has 0 aromatic carbocycles. The van der Waals surface area contributed by atoms with Crippen LogP contribution in [0.4, 0.5) is 0 Å². The highest BCUT2D eigenvalue weighted by Crippen LogP contribution is 2.39. The number of allylic oxidation sites excluding steroid dienone is 2. The molecule has 76 valence electrons. The number of rotatable bonds is 1. The van der Waals surface area contributed by atoms with Crippen LogP contribution in [0.25, 0.3) is 0 Å². The molecule has 0 aromatic heterocycles. The van der Waals surface area contributed by atoms with Gasteiger partial charge in [-0.25, -0.2) is 0 Å². The Balaban J connectivity index is 2.26. The third-order valence-corrected chi connectivity index (χ3v) is 3.28. The predicted octanol–water partition coefficient (Wildman–Crippen LogP) is 1.78. The number of hydrogen-bond donors (Lipinski definition) is 1. The monoisotopic (exact) mass is 194 g/mol. The second-order valence-electron chi connectivity index (χ2n) is 4.19. The molecule has 2 unspecified atom stereocenters. The van der Waals surface area contributed by atoms with Crippen LogP contribution < -0.4 is 0 Å². The summed E-state index contributed by atoms with van der Waals surface area (Å²) in [6.45, 7) is 0. The minimum atomic E-state index is -0.809. The Hall–Kier alpha value is -1.12. The number of aliphatic carboxylic acids is 1. The van der Waals surface area contributed by atoms with E-state index in [1.807, 2.05) is 0 Å². The second kappa shape index (κ2) is 3.56. The fourth-order valence-electron chi connectivity index (χ4n) is 2.59. The van der Waals surface area contributed by atoms with E-state index in [0.717, 1.165) is 31.3 Å². The van der Waals surface area contributed by atoms with Gasteiger partial charge in [-0.3, -0.25) is 9.59 Å². The van der Waals surface area contributed by atoms with Gasteiger partial charge in [-0.05, 0) is 31.3 Å². The van der Waals surface area contributed by atoms with Crippen molar-refractivity contribution in [3.8, 4) is 0 Å². The Kier molecular flexibility index (Phi) is 2.40. The van der Waals surface area contributed by atoms with Gasteiger partial charge >= 0.3 is 5.97 Å². The van der Waals surface area contributed by atoms with E-state index in [4.69, 9.17) is 5.11 Å². The largest absolute Gasteiger partial charge is 0.481 e. The summed E-state index contributed by atoms with van der Waals surface area (Å²) in [4.78, 5) is 22.3. The van der Waals surface area contributed by atoms with Gasteiger partial charge in [0.05, 0.1) is 5.92 Å². The summed E-state index contributed by atoms with van der Waals surface area (Å²) in [7, 11) is 0. The first-order valence-electron chi connectivity index (χ1n) is 5.14. The van der Waals surface area contributed by atoms with Crippen LogP contribution in [0.5, 0.6) is 0 Å². The van der Waals surface area contributed by atoms with Crippen LogP contribution in [-0.4, -0.2) is 16.9 Å². The van der Waals surface area contributed by atoms with Gasteiger partial charge in [0, 0.05) is 6.42 Å². The highest BCUT2D eigenvalue weighted by Gasteiger charge is 2.36. The molecule has 2 aliphatic rings. The molecule has 2 rings (SSSR count). The van der Waals surface area contributed by atoms with Crippen molar-refractivity contribution in [2.45, 2.75) is 32.1 Å². The van der Waals surface area contributed by atoms with Crippen LogP contribution >= 0.6 is 0 Å². The highest BCUT2D eigenvalue weighted by molar-refractivity contribution is 5.94. The number of ketones is 1. The number of carboxylic acid groups (broad SMARTS) is 1. The molecule has 1 saturated carbocycles. The molecule has 3 heteroatoms. The quantitative estimate of drug-likeness (QED) is 0.692. The first-order chi connectivity index (χ1) is 6.68. The topological polar surface area (TPSA) is 54.4 Å². The minimum Gasteiger partial charge on any atom is -0.481 e. The van der Waals surface area contributed by atoms with Crippen molar-refractivity contribution in [3.05, 3.63) is 11.6 Å². The Labute approximate surface area is 82.8 Å². The molecule has 2 atom stereocenters. The van der Waals surface area contributed by atoms with Gasteiger partial charge in [0.2, 0.25) is 0 Å². The van der Waals surface area contributed by atoms with E-state index in [0.29, 0.717) is 0 Å². The number of carbonyl (C=O) groups excluding carboxylic acids is 1. The van der Waals surface area contributed by atoms with Crippen LogP contribution in [0.15, 0.2) is 11.6 Å². The van der Waals surface area contributed by atoms with E-state index in [1.165, 1.54) is 0 Å². The SMILES string of the molecule is O=C1C=C2CCCCC2C(C(=O)O)C1. The predicted molar refractivity (Wildman–Crippen MR) is 50.8 cm³/mol. The van der Waals surface area contributed by atoms with E-state index >= 15 is 0 Å². The van der Waals surface area contributed by atoms with Crippen LogP contribution in [0, 0.1) is 11.8 Å². The fraction of sp³-hybridized carbons (Fsp3) is 0.636. The van der Waals surface area contributed by atoms with E-state index in [1.54, 1.807) is 6.08 Å². The Morgan fingerprint density at radius 3 is 2.93 bits per heavy atom. The summed E-state index contributed by atoms with van der Waals surface area (Å²) >= 11 is 0. The Morgan fingerprint density at radius 1 is 1.43 bits per heavy atom. The lowest BCUT2D eigenvalue weighted by Gasteiger charge is -2.32. The zero-order chi connectivity index (χ0) is 10.1. The third kappa shape index (κ3) is 1.59. The summed E-state index contributed by atoms with van der Waals surface area (Å²) in [5, 5.41) is 9.02. The molecule has 3 nitrogen and oxygen atoms in total. The maximum atomic E-state index is 11.3. The van der Waals surface area contributed by atoms with Crippen molar-refractivity contribution < 1.29 is 14.7 Å². The summed E-state index contributed by atoms with van der Waals surface area (Å²) in [6.07, 6.45) is 5.94. The van der Waals surface area contributed by atoms with Gasteiger partial charge in [-0.15, -0.1) is 0 Å². The molecule has 0 aliphatic heterocycles. The van der Waals surface area contributed by atoms with Gasteiger partial charge in [0.15, 0.2) is 5.78 Å². The first-order valence-corrected chi connectivity index (χ1v) is 5.14. The van der Waals surface area contributed by atoms with Gasteiger partial charge in [0.1, 0.15) is 0 Å². The Morgan fingerprint density at radius 2 is 2.21 bits per heavy atom. The summed E-state index contributed by atoms with van der Waals surface area (Å²) < 4.78 is 0. The maximum Gasteiger partial charge on any atom is 0.307 e. The van der Waals surface area contributed by atoms with E-state index in [2.05, 4.69) is 0 Å². The summed E-state index contributed by atoms with van der Waals surface area (Å²) in [6, 6.07) is 0. The van der Waals surface area contributed by atoms with E-state index < -0.39 is 11.9 Å². The first kappa shape index (κ1) is 9.44. The van der Waals surface area contributed by atoms with Crippen molar-refractivity contribution in [2.75, 3.05) is 0 Å². The third-order valence-electron chi connectivity index (χ3n) is 3.28. The lowest BCUT2D eigenvalue weighted by Crippen LogP contribution is -2.32. The standard InChI is InChI=1S/C11H14O3/c12-8-5-7-3-1-2-4-9(7)10(6-8)11(13)14/h5,9-10H,1-4,6H2,(H,13,14). The molecule has 0 saturated heterocycles. The normalized spacial score (nSPS) is 32.0. The van der Waals surface area contributed by atoms with Crippen LogP contribution in [0.1, 0.15) is 32.1 Å². The molecule has 14 heavy (non-hydrogen) atoms. The lowest BCUT2D eigenvalue weighted by atomic mass is 9.71. The average Bonchev–Trinajstić information content (AvgIpc) is 2.16. The van der Waals surface area contributed by atoms with Crippen LogP contribution in [0.2, 0.25) is 0 Å². The molecule has 2 aliphatic carbocycles. The van der Waals surface area contributed by atoms with Crippen molar-refractivity contribution in [1.82, 2.24) is 0 Å². The fourth-order valence-corrected chi connectivity index (χ4v) is 2.59. The number of fused-ring (bicyclic) bond motifs is 1. The number of carbonyl (C=O) groups is 2. The average molecular weight is 194 g/mol. The summed E-state index contributed by atoms with van der Waals surface area (Å²) in [5.41, 5.74) is 1.08. The van der Waals surface area contributed by atoms with Crippen molar-refractivity contribution >= 4 is 11.8 Å². The van der Waals surface area contributed by atoms with Gasteiger partial charge in [0.25, 0.3) is 0 Å². The smallest absolute Gasteiger partial charge is 0.307 e. The molecule has 0 bridgehead atoms. The van der Waals surface area contributed by atoms with Crippen LogP contribution in [-0.2, 0) is 9.59 Å². The maximum absolute atomic E-state index is 11.3. The van der Waals surface area contributed by atoms with Crippen molar-refractivity contribution in [3.63, 3.8) is 0 Å². The molecular weight excluding hydrogens is 180 g/mol. The van der Waals surface area contributed by atoms with Crippen molar-refractivity contribution in [1.29, 1.82) is 0 Å². The van der Waals surface area contributed by atoms with Gasteiger partial charge in [-0.1, -0.05) is 12.0 Å². The lowest BCUT2D eigenvalue weighted by molar-refractivity contribution is -0.145. The van der Waals surface area contributed by atoms with Crippen molar-refractivity contribution in [2.24, 2.45) is 11.8 Å². The molecule has 1 N–H and O–H groups in total. The number of carboxylic acids is 1. The molecule has 1 fully saturated rings. The molecular formula is C11H14O3. The zero-order valence-electron chi connectivity index (χ0n) is 8.03. The zero-order valence-corrected chi connectivity index (χ0v) is 8.03. The van der Waals surface area contributed by atoms with Gasteiger partial charge < -0.3 is 5.11 Å². The van der Waals surface area contributed by atoms with Gasteiger partial charge in [-0.2, -0.15) is 0 Å². The molecule has 0 heterocycles. The molecule has 0 amide bonds. The molecule has 0 radical (unpaired) electrons. The highest BCUT2D eigenvalue weighted by atomic mass is 16.4. The number of hydrogen-bond acceptors (Lipinski definition) is 2. The van der Waals surface area contributed by atoms with E-state index in [9.17, 15) is 9.59 Å². The Bertz CT molecular complexity index is 304. The van der Waals surface area contributed by atoms with Crippen LogP contribution in [0.3, 0.4) is 0 Å². The summed E-state index contributed by atoms with van der Waals surface area (Å²) in [5.74, 6) is -1.14. The second-order valence-corrected chi connectivity index (χ2v) is 4.19. The minimum absolute atomic E-state index is 0.00875. The molecule has 0 aromatic rings.